The van der Waals surface area contributed by atoms with Crippen LogP contribution < -0.4 is 16.8 Å². The second-order valence-corrected chi connectivity index (χ2v) is 9.08. The van der Waals surface area contributed by atoms with E-state index >= 15 is 0 Å². The highest BCUT2D eigenvalue weighted by molar-refractivity contribution is 5.90. The minimum Gasteiger partial charge on any atom is -0.480 e. The molecule has 1 saturated carbocycles. The van der Waals surface area contributed by atoms with Crippen molar-refractivity contribution in [2.24, 2.45) is 17.4 Å². The standard InChI is InChI=1S/C24H36N4O4/c25-15-5-4-8-19(27-20(24(31)32)14-9-16-6-2-1-3-7-16)23(30)28-18-12-10-17(11-13-18)21(28)22(26)29/h1-3,6-7,17-21,27H,4-5,8-15,25H2,(H2,26,29)(H,31,32)/t17?,18?,19?,20-,21-/m0/s1. The second-order valence-electron chi connectivity index (χ2n) is 9.08. The van der Waals surface area contributed by atoms with Crippen LogP contribution in [0.15, 0.2) is 30.3 Å². The number of amides is 2. The number of rotatable bonds is 12. The number of carboxylic acid groups (broad SMARTS) is 1. The lowest BCUT2D eigenvalue weighted by molar-refractivity contribution is -0.154. The molecule has 2 aliphatic heterocycles. The Morgan fingerprint density at radius 3 is 2.31 bits per heavy atom. The topological polar surface area (TPSA) is 139 Å². The molecule has 6 N–H and O–H groups in total. The van der Waals surface area contributed by atoms with Crippen LogP contribution in [0.2, 0.25) is 0 Å². The van der Waals surface area contributed by atoms with Crippen LogP contribution in [0.25, 0.3) is 0 Å². The zero-order valence-corrected chi connectivity index (χ0v) is 18.6. The van der Waals surface area contributed by atoms with Gasteiger partial charge in [0.25, 0.3) is 0 Å². The van der Waals surface area contributed by atoms with Gasteiger partial charge in [-0.2, -0.15) is 0 Å². The molecule has 2 amide bonds. The van der Waals surface area contributed by atoms with E-state index in [0.717, 1.165) is 37.7 Å². The predicted octanol–water partition coefficient (Wildman–Crippen LogP) is 1.41. The normalized spacial score (nSPS) is 24.2. The van der Waals surface area contributed by atoms with Gasteiger partial charge in [0.15, 0.2) is 0 Å². The first-order valence-corrected chi connectivity index (χ1v) is 11.8. The number of nitrogens with two attached hydrogens (primary N) is 2. The van der Waals surface area contributed by atoms with Crippen molar-refractivity contribution in [3.8, 4) is 0 Å². The van der Waals surface area contributed by atoms with Crippen LogP contribution in [-0.4, -0.2) is 58.5 Å². The molecule has 32 heavy (non-hydrogen) atoms. The van der Waals surface area contributed by atoms with E-state index in [1.54, 1.807) is 4.90 Å². The van der Waals surface area contributed by atoms with E-state index in [4.69, 9.17) is 11.5 Å². The maximum atomic E-state index is 13.7. The molecule has 2 bridgehead atoms. The number of fused-ring (bicyclic) bond motifs is 3. The van der Waals surface area contributed by atoms with Crippen molar-refractivity contribution >= 4 is 17.8 Å². The van der Waals surface area contributed by atoms with E-state index in [1.165, 1.54) is 0 Å². The number of carbonyl (C=O) groups excluding carboxylic acids is 2. The van der Waals surface area contributed by atoms with Crippen molar-refractivity contribution in [2.75, 3.05) is 6.54 Å². The molecule has 1 aromatic carbocycles. The number of primary amides is 1. The Bertz CT molecular complexity index is 779. The van der Waals surface area contributed by atoms with Gasteiger partial charge in [-0.3, -0.25) is 19.7 Å². The first kappa shape index (κ1) is 24.2. The summed E-state index contributed by atoms with van der Waals surface area (Å²) in [6.45, 7) is 0.510. The molecule has 0 aromatic heterocycles. The van der Waals surface area contributed by atoms with Crippen LogP contribution in [0.4, 0.5) is 0 Å². The number of aliphatic carboxylic acids is 1. The average molecular weight is 445 g/mol. The first-order chi connectivity index (χ1) is 15.4. The fraction of sp³-hybridized carbons (Fsp3) is 0.625. The number of aryl methyl sites for hydroxylation is 1. The number of carbonyl (C=O) groups is 3. The Morgan fingerprint density at radius 1 is 1.03 bits per heavy atom. The fourth-order valence-electron chi connectivity index (χ4n) is 5.26. The summed E-state index contributed by atoms with van der Waals surface area (Å²) in [6.07, 6.45) is 6.43. The van der Waals surface area contributed by atoms with Gasteiger partial charge < -0.3 is 21.5 Å². The Hall–Kier alpha value is -2.45. The molecule has 1 aromatic rings. The maximum absolute atomic E-state index is 13.7. The third kappa shape index (κ3) is 5.86. The summed E-state index contributed by atoms with van der Waals surface area (Å²) in [4.78, 5) is 39.6. The number of hydrogen-bond acceptors (Lipinski definition) is 5. The quantitative estimate of drug-likeness (QED) is 0.360. The number of nitrogens with one attached hydrogen (secondary N) is 1. The van der Waals surface area contributed by atoms with Crippen LogP contribution in [-0.2, 0) is 20.8 Å². The highest BCUT2D eigenvalue weighted by atomic mass is 16.4. The molecule has 3 aliphatic rings. The SMILES string of the molecule is NCCCCC(N[C@@H](CCc1ccccc1)C(=O)O)C(=O)N1C2CCC(CC2)[C@H]1C(N)=O. The van der Waals surface area contributed by atoms with Gasteiger partial charge in [0.05, 0.1) is 6.04 Å². The highest BCUT2D eigenvalue weighted by Gasteiger charge is 2.48. The summed E-state index contributed by atoms with van der Waals surface area (Å²) in [7, 11) is 0. The largest absolute Gasteiger partial charge is 0.480 e. The lowest BCUT2D eigenvalue weighted by atomic mass is 9.74. The smallest absolute Gasteiger partial charge is 0.320 e. The Balaban J connectivity index is 1.75. The number of unbranched alkanes of at least 4 members (excludes halogenated alkanes) is 1. The molecule has 1 unspecified atom stereocenters. The van der Waals surface area contributed by atoms with Crippen molar-refractivity contribution in [3.63, 3.8) is 0 Å². The fourth-order valence-corrected chi connectivity index (χ4v) is 5.26. The summed E-state index contributed by atoms with van der Waals surface area (Å²) < 4.78 is 0. The molecule has 1 aliphatic carbocycles. The van der Waals surface area contributed by atoms with Crippen molar-refractivity contribution in [3.05, 3.63) is 35.9 Å². The monoisotopic (exact) mass is 444 g/mol. The Kier molecular flexibility index (Phi) is 8.64. The second kappa shape index (κ2) is 11.4. The van der Waals surface area contributed by atoms with Gasteiger partial charge in [-0.05, 0) is 69.4 Å². The summed E-state index contributed by atoms with van der Waals surface area (Å²) in [5.41, 5.74) is 12.4. The average Bonchev–Trinajstić information content (AvgIpc) is 2.80. The number of nitrogens with zero attached hydrogens (tertiary/aromatic N) is 1. The van der Waals surface area contributed by atoms with E-state index < -0.39 is 30.0 Å². The molecular formula is C24H36N4O4. The minimum atomic E-state index is -0.982. The number of carboxylic acids is 1. The molecule has 176 valence electrons. The van der Waals surface area contributed by atoms with Crippen LogP contribution in [0.1, 0.15) is 56.9 Å². The van der Waals surface area contributed by atoms with Crippen LogP contribution in [0, 0.1) is 5.92 Å². The van der Waals surface area contributed by atoms with Crippen LogP contribution >= 0.6 is 0 Å². The number of hydrogen-bond donors (Lipinski definition) is 4. The van der Waals surface area contributed by atoms with Crippen LogP contribution in [0.3, 0.4) is 0 Å². The van der Waals surface area contributed by atoms with Gasteiger partial charge in [-0.15, -0.1) is 0 Å². The summed E-state index contributed by atoms with van der Waals surface area (Å²) in [5.74, 6) is -1.55. The number of benzene rings is 1. The van der Waals surface area contributed by atoms with Crippen molar-refractivity contribution < 1.29 is 19.5 Å². The van der Waals surface area contributed by atoms with Gasteiger partial charge in [0, 0.05) is 6.04 Å². The molecule has 3 atom stereocenters. The van der Waals surface area contributed by atoms with E-state index in [2.05, 4.69) is 5.32 Å². The molecule has 0 spiro atoms. The van der Waals surface area contributed by atoms with E-state index in [-0.39, 0.29) is 17.9 Å². The molecule has 8 nitrogen and oxygen atoms in total. The number of piperidine rings is 2. The van der Waals surface area contributed by atoms with Crippen molar-refractivity contribution in [1.82, 2.24) is 10.2 Å². The van der Waals surface area contributed by atoms with Gasteiger partial charge in [-0.1, -0.05) is 36.8 Å². The van der Waals surface area contributed by atoms with E-state index in [0.29, 0.717) is 32.2 Å². The molecule has 0 radical (unpaired) electrons. The molecule has 2 saturated heterocycles. The summed E-state index contributed by atoms with van der Waals surface area (Å²) in [6, 6.07) is 7.55. The summed E-state index contributed by atoms with van der Waals surface area (Å²) >= 11 is 0. The Labute approximate surface area is 189 Å². The Morgan fingerprint density at radius 2 is 1.72 bits per heavy atom. The van der Waals surface area contributed by atoms with E-state index in [9.17, 15) is 19.5 Å². The van der Waals surface area contributed by atoms with Gasteiger partial charge in [0.2, 0.25) is 11.8 Å². The maximum Gasteiger partial charge on any atom is 0.320 e. The van der Waals surface area contributed by atoms with Gasteiger partial charge >= 0.3 is 5.97 Å². The molecule has 4 rings (SSSR count). The third-order valence-electron chi connectivity index (χ3n) is 6.94. The van der Waals surface area contributed by atoms with E-state index in [1.807, 2.05) is 30.3 Å². The molecule has 2 heterocycles. The van der Waals surface area contributed by atoms with Crippen molar-refractivity contribution in [1.29, 1.82) is 0 Å². The predicted molar refractivity (Wildman–Crippen MR) is 122 cm³/mol. The highest BCUT2D eigenvalue weighted by Crippen LogP contribution is 2.40. The molecular weight excluding hydrogens is 408 g/mol. The molecule has 8 heteroatoms. The van der Waals surface area contributed by atoms with Crippen molar-refractivity contribution in [2.45, 2.75) is 82.0 Å². The third-order valence-corrected chi connectivity index (χ3v) is 6.94. The lowest BCUT2D eigenvalue weighted by Gasteiger charge is -2.51. The van der Waals surface area contributed by atoms with Crippen LogP contribution in [0.5, 0.6) is 0 Å². The van der Waals surface area contributed by atoms with Gasteiger partial charge in [0.1, 0.15) is 12.1 Å². The first-order valence-electron chi connectivity index (χ1n) is 11.8. The van der Waals surface area contributed by atoms with Gasteiger partial charge in [-0.25, -0.2) is 0 Å². The lowest BCUT2D eigenvalue weighted by Crippen LogP contribution is -2.65. The zero-order chi connectivity index (χ0) is 23.1. The summed E-state index contributed by atoms with van der Waals surface area (Å²) in [5, 5.41) is 12.9. The zero-order valence-electron chi connectivity index (χ0n) is 18.6. The minimum absolute atomic E-state index is 0.00333. The molecule has 3 fully saturated rings.